The number of rotatable bonds is 4. The summed E-state index contributed by atoms with van der Waals surface area (Å²) in [6.45, 7) is 11.6. The van der Waals surface area contributed by atoms with Gasteiger partial charge in [0.1, 0.15) is 5.60 Å². The number of methoxy groups -OCH3 is 1. The number of esters is 2. The Hall–Kier alpha value is -2.04. The molecule has 5 nitrogen and oxygen atoms in total. The SMILES string of the molecule is CCNc1c(C)c(C(=O)OC(C)(C)C)cc(C)c1C(=O)OC. The van der Waals surface area contributed by atoms with Crippen molar-refractivity contribution < 1.29 is 19.1 Å². The summed E-state index contributed by atoms with van der Waals surface area (Å²) in [4.78, 5) is 24.4. The molecule has 0 aliphatic carbocycles. The van der Waals surface area contributed by atoms with E-state index in [0.717, 1.165) is 0 Å². The second-order valence-corrected chi connectivity index (χ2v) is 6.14. The molecule has 1 rings (SSSR count). The molecule has 0 saturated heterocycles. The molecule has 0 unspecified atom stereocenters. The van der Waals surface area contributed by atoms with E-state index >= 15 is 0 Å². The molecule has 0 saturated carbocycles. The highest BCUT2D eigenvalue weighted by Crippen LogP contribution is 2.29. The van der Waals surface area contributed by atoms with Crippen LogP contribution in [0.25, 0.3) is 0 Å². The lowest BCUT2D eigenvalue weighted by Crippen LogP contribution is -2.25. The van der Waals surface area contributed by atoms with E-state index in [4.69, 9.17) is 9.47 Å². The first-order chi connectivity index (χ1) is 10.1. The lowest BCUT2D eigenvalue weighted by Gasteiger charge is -2.22. The summed E-state index contributed by atoms with van der Waals surface area (Å²) in [5.41, 5.74) is 2.31. The summed E-state index contributed by atoms with van der Waals surface area (Å²) < 4.78 is 10.3. The standard InChI is InChI=1S/C17H25NO4/c1-8-18-14-11(3)12(15(19)22-17(4,5)6)9-10(2)13(14)16(20)21-7/h9,18H,8H2,1-7H3. The first-order valence-corrected chi connectivity index (χ1v) is 7.32. The molecular formula is C17H25NO4. The number of aryl methyl sites for hydroxylation is 1. The van der Waals surface area contributed by atoms with Gasteiger partial charge in [0.05, 0.1) is 23.9 Å². The van der Waals surface area contributed by atoms with Crippen molar-refractivity contribution in [2.24, 2.45) is 0 Å². The number of hydrogen-bond donors (Lipinski definition) is 1. The number of hydrogen-bond acceptors (Lipinski definition) is 5. The van der Waals surface area contributed by atoms with E-state index in [1.54, 1.807) is 19.9 Å². The third-order valence-corrected chi connectivity index (χ3v) is 3.15. The highest BCUT2D eigenvalue weighted by Gasteiger charge is 2.25. The lowest BCUT2D eigenvalue weighted by molar-refractivity contribution is 0.00682. The van der Waals surface area contributed by atoms with Crippen molar-refractivity contribution in [2.75, 3.05) is 19.0 Å². The van der Waals surface area contributed by atoms with Crippen LogP contribution in [0.4, 0.5) is 5.69 Å². The number of carbonyl (C=O) groups is 2. The Labute approximate surface area is 132 Å². The Bertz CT molecular complexity index is 585. The maximum absolute atomic E-state index is 12.4. The minimum Gasteiger partial charge on any atom is -0.465 e. The normalized spacial score (nSPS) is 11.0. The Morgan fingerprint density at radius 3 is 2.23 bits per heavy atom. The quantitative estimate of drug-likeness (QED) is 0.863. The van der Waals surface area contributed by atoms with Crippen LogP contribution in [0.1, 0.15) is 59.5 Å². The summed E-state index contributed by atoms with van der Waals surface area (Å²) in [6, 6.07) is 1.68. The molecule has 0 amide bonds. The monoisotopic (exact) mass is 307 g/mol. The van der Waals surface area contributed by atoms with Gasteiger partial charge in [-0.25, -0.2) is 9.59 Å². The fourth-order valence-electron chi connectivity index (χ4n) is 2.22. The van der Waals surface area contributed by atoms with Crippen molar-refractivity contribution in [3.63, 3.8) is 0 Å². The molecule has 0 fully saturated rings. The van der Waals surface area contributed by atoms with Gasteiger partial charge in [0.25, 0.3) is 0 Å². The molecule has 0 aromatic heterocycles. The summed E-state index contributed by atoms with van der Waals surface area (Å²) >= 11 is 0. The largest absolute Gasteiger partial charge is 0.465 e. The van der Waals surface area contributed by atoms with Crippen molar-refractivity contribution in [1.82, 2.24) is 0 Å². The smallest absolute Gasteiger partial charge is 0.340 e. The zero-order valence-corrected chi connectivity index (χ0v) is 14.4. The maximum Gasteiger partial charge on any atom is 0.340 e. The minimum absolute atomic E-state index is 0.399. The number of carbonyl (C=O) groups excluding carboxylic acids is 2. The maximum atomic E-state index is 12.4. The van der Waals surface area contributed by atoms with Crippen LogP contribution in [-0.2, 0) is 9.47 Å². The first kappa shape index (κ1) is 18.0. The number of anilines is 1. The predicted molar refractivity (Wildman–Crippen MR) is 86.6 cm³/mol. The molecule has 0 heterocycles. The molecule has 122 valence electrons. The summed E-state index contributed by atoms with van der Waals surface area (Å²) in [5, 5.41) is 3.15. The zero-order valence-electron chi connectivity index (χ0n) is 14.4. The highest BCUT2D eigenvalue weighted by atomic mass is 16.6. The van der Waals surface area contributed by atoms with E-state index in [2.05, 4.69) is 5.32 Å². The summed E-state index contributed by atoms with van der Waals surface area (Å²) in [6.07, 6.45) is 0. The summed E-state index contributed by atoms with van der Waals surface area (Å²) in [7, 11) is 1.34. The topological polar surface area (TPSA) is 64.6 Å². The fourth-order valence-corrected chi connectivity index (χ4v) is 2.22. The van der Waals surface area contributed by atoms with Crippen LogP contribution in [-0.4, -0.2) is 31.2 Å². The van der Waals surface area contributed by atoms with E-state index in [1.807, 2.05) is 27.7 Å². The van der Waals surface area contributed by atoms with Gasteiger partial charge in [-0.1, -0.05) is 0 Å². The van der Waals surface area contributed by atoms with Gasteiger partial charge in [-0.3, -0.25) is 0 Å². The second-order valence-electron chi connectivity index (χ2n) is 6.14. The van der Waals surface area contributed by atoms with Gasteiger partial charge in [-0.2, -0.15) is 0 Å². The predicted octanol–water partition coefficient (Wildman–Crippen LogP) is 3.48. The molecular weight excluding hydrogens is 282 g/mol. The molecule has 1 N–H and O–H groups in total. The van der Waals surface area contributed by atoms with Crippen LogP contribution in [0.2, 0.25) is 0 Å². The molecule has 0 bridgehead atoms. The van der Waals surface area contributed by atoms with Crippen molar-refractivity contribution in [3.8, 4) is 0 Å². The van der Waals surface area contributed by atoms with Gasteiger partial charge in [0, 0.05) is 6.54 Å². The Kier molecular flexibility index (Phi) is 5.58. The lowest BCUT2D eigenvalue weighted by atomic mass is 9.96. The van der Waals surface area contributed by atoms with Gasteiger partial charge in [-0.15, -0.1) is 0 Å². The second kappa shape index (κ2) is 6.81. The fraction of sp³-hybridized carbons (Fsp3) is 0.529. The van der Waals surface area contributed by atoms with E-state index < -0.39 is 17.5 Å². The average Bonchev–Trinajstić information content (AvgIpc) is 2.40. The molecule has 0 atom stereocenters. The van der Waals surface area contributed by atoms with E-state index in [9.17, 15) is 9.59 Å². The van der Waals surface area contributed by atoms with Crippen molar-refractivity contribution in [2.45, 2.75) is 47.1 Å². The van der Waals surface area contributed by atoms with E-state index in [1.165, 1.54) is 7.11 Å². The Balaban J connectivity index is 3.45. The third-order valence-electron chi connectivity index (χ3n) is 3.15. The molecule has 0 spiro atoms. The summed E-state index contributed by atoms with van der Waals surface area (Å²) in [5.74, 6) is -0.823. The molecule has 1 aromatic carbocycles. The first-order valence-electron chi connectivity index (χ1n) is 7.32. The van der Waals surface area contributed by atoms with Crippen LogP contribution in [0.15, 0.2) is 6.07 Å². The van der Waals surface area contributed by atoms with E-state index in [-0.39, 0.29) is 0 Å². The van der Waals surface area contributed by atoms with Crippen molar-refractivity contribution >= 4 is 17.6 Å². The van der Waals surface area contributed by atoms with Gasteiger partial charge in [0.2, 0.25) is 0 Å². The number of nitrogens with one attached hydrogen (secondary N) is 1. The van der Waals surface area contributed by atoms with E-state index in [0.29, 0.717) is 34.5 Å². The Morgan fingerprint density at radius 2 is 1.77 bits per heavy atom. The van der Waals surface area contributed by atoms with Crippen molar-refractivity contribution in [3.05, 3.63) is 28.3 Å². The van der Waals surface area contributed by atoms with Crippen molar-refractivity contribution in [1.29, 1.82) is 0 Å². The van der Waals surface area contributed by atoms with Crippen LogP contribution < -0.4 is 5.32 Å². The molecule has 0 aliphatic rings. The molecule has 1 aromatic rings. The van der Waals surface area contributed by atoms with Crippen LogP contribution in [0.5, 0.6) is 0 Å². The molecule has 0 aliphatic heterocycles. The zero-order chi connectivity index (χ0) is 17.1. The van der Waals surface area contributed by atoms with Gasteiger partial charge < -0.3 is 14.8 Å². The molecule has 5 heteroatoms. The average molecular weight is 307 g/mol. The van der Waals surface area contributed by atoms with Crippen LogP contribution >= 0.6 is 0 Å². The van der Waals surface area contributed by atoms with Gasteiger partial charge >= 0.3 is 11.9 Å². The Morgan fingerprint density at radius 1 is 1.18 bits per heavy atom. The molecule has 0 radical (unpaired) electrons. The van der Waals surface area contributed by atoms with Gasteiger partial charge in [0.15, 0.2) is 0 Å². The minimum atomic E-state index is -0.573. The van der Waals surface area contributed by atoms with Crippen LogP contribution in [0, 0.1) is 13.8 Å². The van der Waals surface area contributed by atoms with Crippen LogP contribution in [0.3, 0.4) is 0 Å². The van der Waals surface area contributed by atoms with Gasteiger partial charge in [-0.05, 0) is 58.7 Å². The number of benzene rings is 1. The highest BCUT2D eigenvalue weighted by molar-refractivity contribution is 6.02. The third kappa shape index (κ3) is 4.00. The molecule has 22 heavy (non-hydrogen) atoms. The number of ether oxygens (including phenoxy) is 2.